The van der Waals surface area contributed by atoms with Crippen molar-refractivity contribution in [1.29, 1.82) is 0 Å². The molecule has 1 atom stereocenters. The van der Waals surface area contributed by atoms with E-state index in [9.17, 15) is 8.78 Å². The third kappa shape index (κ3) is 4.40. The van der Waals surface area contributed by atoms with Crippen LogP contribution in [0, 0.1) is 17.6 Å². The third-order valence-corrected chi connectivity index (χ3v) is 7.77. The van der Waals surface area contributed by atoms with Crippen molar-refractivity contribution >= 4 is 18.8 Å². The summed E-state index contributed by atoms with van der Waals surface area (Å²) in [6.07, 6.45) is 7.40. The first-order chi connectivity index (χ1) is 12.8. The van der Waals surface area contributed by atoms with Crippen molar-refractivity contribution < 1.29 is 8.78 Å². The Morgan fingerprint density at radius 2 is 1.56 bits per heavy atom. The van der Waals surface area contributed by atoms with E-state index in [-0.39, 0.29) is 0 Å². The fraction of sp³-hybridized carbons (Fsp3) is 0.417. The lowest BCUT2D eigenvalue weighted by Crippen LogP contribution is -2.37. The summed E-state index contributed by atoms with van der Waals surface area (Å²) in [6.45, 7) is 9.03. The van der Waals surface area contributed by atoms with E-state index in [0.717, 1.165) is 30.4 Å². The molecule has 2 aromatic carbocycles. The Balaban J connectivity index is 1.88. The molecule has 27 heavy (non-hydrogen) atoms. The Hall–Kier alpha value is -1.74. The average molecular weight is 385 g/mol. The topological polar surface area (TPSA) is 0 Å². The van der Waals surface area contributed by atoms with Crippen molar-refractivity contribution in [3.63, 3.8) is 0 Å². The Labute approximate surface area is 163 Å². The van der Waals surface area contributed by atoms with Crippen LogP contribution in [0.15, 0.2) is 42.5 Å². The predicted molar refractivity (Wildman–Crippen MR) is 115 cm³/mol. The highest BCUT2D eigenvalue weighted by atomic mass is 28.3. The van der Waals surface area contributed by atoms with E-state index in [1.54, 1.807) is 12.1 Å². The normalized spacial score (nSPS) is 17.7. The molecule has 1 aliphatic rings. The molecule has 2 aromatic rings. The fourth-order valence-corrected chi connectivity index (χ4v) is 5.14. The summed E-state index contributed by atoms with van der Waals surface area (Å²) < 4.78 is 29.7. The maximum absolute atomic E-state index is 14.8. The molecule has 3 rings (SSSR count). The standard InChI is InChI=1S/C24H30F2Si/c1-5-6-17-7-9-18(10-8-17)21-15-16-22(24(26)23(21)25)19-11-13-20(14-12-19)27(2,3)4/h9,11-17H,5-8,10H2,1-4H3. The van der Waals surface area contributed by atoms with Gasteiger partial charge in [0.1, 0.15) is 0 Å². The van der Waals surface area contributed by atoms with Crippen molar-refractivity contribution in [2.45, 2.75) is 58.7 Å². The Morgan fingerprint density at radius 1 is 0.926 bits per heavy atom. The summed E-state index contributed by atoms with van der Waals surface area (Å²) in [7, 11) is -1.40. The second-order valence-corrected chi connectivity index (χ2v) is 13.9. The molecule has 0 nitrogen and oxygen atoms in total. The number of hydrogen-bond acceptors (Lipinski definition) is 0. The molecule has 0 radical (unpaired) electrons. The van der Waals surface area contributed by atoms with E-state index in [0.29, 0.717) is 17.0 Å². The van der Waals surface area contributed by atoms with Gasteiger partial charge in [-0.05, 0) is 36.3 Å². The molecule has 0 fully saturated rings. The summed E-state index contributed by atoms with van der Waals surface area (Å²) in [5.41, 5.74) is 2.48. The molecular weight excluding hydrogens is 354 g/mol. The van der Waals surface area contributed by atoms with Gasteiger partial charge in [0, 0.05) is 11.1 Å². The highest BCUT2D eigenvalue weighted by Crippen LogP contribution is 2.36. The number of halogens is 2. The van der Waals surface area contributed by atoms with Crippen LogP contribution in [0.25, 0.3) is 16.7 Å². The maximum atomic E-state index is 14.8. The van der Waals surface area contributed by atoms with Gasteiger partial charge in [-0.25, -0.2) is 8.78 Å². The molecule has 0 aromatic heterocycles. The molecule has 0 spiro atoms. The summed E-state index contributed by atoms with van der Waals surface area (Å²) in [5.74, 6) is -0.748. The Kier molecular flexibility index (Phi) is 6.00. The Bertz CT molecular complexity index is 829. The van der Waals surface area contributed by atoms with E-state index in [1.165, 1.54) is 18.0 Å². The minimum absolute atomic E-state index is 0.346. The zero-order valence-electron chi connectivity index (χ0n) is 16.9. The fourth-order valence-electron chi connectivity index (χ4n) is 3.97. The lowest BCUT2D eigenvalue weighted by Gasteiger charge is -2.22. The third-order valence-electron chi connectivity index (χ3n) is 5.71. The zero-order valence-corrected chi connectivity index (χ0v) is 17.9. The van der Waals surface area contributed by atoms with Gasteiger partial charge >= 0.3 is 0 Å². The van der Waals surface area contributed by atoms with Crippen molar-refractivity contribution in [3.8, 4) is 11.1 Å². The molecule has 0 saturated heterocycles. The minimum atomic E-state index is -1.40. The average Bonchev–Trinajstić information content (AvgIpc) is 2.64. The van der Waals surface area contributed by atoms with E-state index >= 15 is 0 Å². The summed E-state index contributed by atoms with van der Waals surface area (Å²) in [5, 5.41) is 1.32. The van der Waals surface area contributed by atoms with E-state index in [1.807, 2.05) is 12.1 Å². The molecule has 0 bridgehead atoms. The van der Waals surface area contributed by atoms with Gasteiger partial charge in [0.15, 0.2) is 11.6 Å². The molecular formula is C24H30F2Si. The van der Waals surface area contributed by atoms with Crippen molar-refractivity contribution in [3.05, 3.63) is 59.7 Å². The van der Waals surface area contributed by atoms with E-state index in [4.69, 9.17) is 0 Å². The lowest BCUT2D eigenvalue weighted by molar-refractivity contribution is 0.443. The van der Waals surface area contributed by atoms with Gasteiger partial charge in [-0.15, -0.1) is 0 Å². The Morgan fingerprint density at radius 3 is 2.11 bits per heavy atom. The molecule has 0 amide bonds. The zero-order chi connectivity index (χ0) is 19.6. The molecule has 0 aliphatic heterocycles. The molecule has 0 heterocycles. The summed E-state index contributed by atoms with van der Waals surface area (Å²) in [6, 6.07) is 11.4. The van der Waals surface area contributed by atoms with Gasteiger partial charge < -0.3 is 0 Å². The smallest absolute Gasteiger partial charge is 0.167 e. The molecule has 1 aliphatic carbocycles. The quantitative estimate of drug-likeness (QED) is 0.480. The number of hydrogen-bond donors (Lipinski definition) is 0. The van der Waals surface area contributed by atoms with Crippen LogP contribution in [-0.4, -0.2) is 8.07 Å². The van der Waals surface area contributed by atoms with Crippen LogP contribution in [0.4, 0.5) is 8.78 Å². The van der Waals surface area contributed by atoms with Gasteiger partial charge in [-0.3, -0.25) is 0 Å². The van der Waals surface area contributed by atoms with Crippen molar-refractivity contribution in [2.75, 3.05) is 0 Å². The second-order valence-electron chi connectivity index (χ2n) is 8.77. The second kappa shape index (κ2) is 8.10. The van der Waals surface area contributed by atoms with Crippen LogP contribution < -0.4 is 5.19 Å². The van der Waals surface area contributed by atoms with Crippen LogP contribution >= 0.6 is 0 Å². The number of rotatable bonds is 5. The highest BCUT2D eigenvalue weighted by molar-refractivity contribution is 6.88. The van der Waals surface area contributed by atoms with E-state index in [2.05, 4.69) is 44.8 Å². The van der Waals surface area contributed by atoms with Crippen molar-refractivity contribution in [1.82, 2.24) is 0 Å². The van der Waals surface area contributed by atoms with Crippen molar-refractivity contribution in [2.24, 2.45) is 5.92 Å². The summed E-state index contributed by atoms with van der Waals surface area (Å²) >= 11 is 0. The molecule has 1 unspecified atom stereocenters. The first kappa shape index (κ1) is 20.0. The maximum Gasteiger partial charge on any atom is 0.167 e. The van der Waals surface area contributed by atoms with Crippen LogP contribution in [0.2, 0.25) is 19.6 Å². The van der Waals surface area contributed by atoms with Gasteiger partial charge in [-0.2, -0.15) is 0 Å². The van der Waals surface area contributed by atoms with E-state index < -0.39 is 19.7 Å². The number of allylic oxidation sites excluding steroid dienone is 2. The van der Waals surface area contributed by atoms with Gasteiger partial charge in [-0.1, -0.05) is 87.1 Å². The van der Waals surface area contributed by atoms with Gasteiger partial charge in [0.2, 0.25) is 0 Å². The van der Waals surface area contributed by atoms with Crippen LogP contribution in [0.5, 0.6) is 0 Å². The first-order valence-corrected chi connectivity index (χ1v) is 13.6. The lowest BCUT2D eigenvalue weighted by atomic mass is 9.84. The molecule has 144 valence electrons. The van der Waals surface area contributed by atoms with Crippen LogP contribution in [-0.2, 0) is 0 Å². The predicted octanol–water partition coefficient (Wildman–Crippen LogP) is 7.16. The highest BCUT2D eigenvalue weighted by Gasteiger charge is 2.21. The van der Waals surface area contributed by atoms with Gasteiger partial charge in [0.05, 0.1) is 8.07 Å². The largest absolute Gasteiger partial charge is 0.203 e. The van der Waals surface area contributed by atoms with Crippen LogP contribution in [0.1, 0.15) is 44.6 Å². The molecule has 0 saturated carbocycles. The first-order valence-electron chi connectivity index (χ1n) is 10.1. The molecule has 3 heteroatoms. The monoisotopic (exact) mass is 384 g/mol. The number of benzene rings is 2. The van der Waals surface area contributed by atoms with Gasteiger partial charge in [0.25, 0.3) is 0 Å². The SMILES string of the molecule is CCCC1CC=C(c2ccc(-c3ccc([Si](C)(C)C)cc3)c(F)c2F)CC1. The summed E-state index contributed by atoms with van der Waals surface area (Å²) in [4.78, 5) is 0. The minimum Gasteiger partial charge on any atom is -0.203 e. The van der Waals surface area contributed by atoms with Crippen LogP contribution in [0.3, 0.4) is 0 Å². The molecule has 0 N–H and O–H groups in total.